The molecular formula is C9H16N4O. The standard InChI is InChI=1S/C9H16N4O/c1-6-11-12-7(13(6)5)8(14)10-9(2,3)4/h1-5H3,(H,10,14). The second-order valence-corrected chi connectivity index (χ2v) is 4.33. The van der Waals surface area contributed by atoms with Crippen molar-refractivity contribution in [2.45, 2.75) is 33.2 Å². The summed E-state index contributed by atoms with van der Waals surface area (Å²) in [6.07, 6.45) is 0. The fourth-order valence-electron chi connectivity index (χ4n) is 1.00. The zero-order chi connectivity index (χ0) is 10.9. The Morgan fingerprint density at radius 1 is 1.36 bits per heavy atom. The first kappa shape index (κ1) is 10.7. The van der Waals surface area contributed by atoms with Gasteiger partial charge in [0.05, 0.1) is 0 Å². The van der Waals surface area contributed by atoms with Crippen molar-refractivity contribution < 1.29 is 4.79 Å². The van der Waals surface area contributed by atoms with Gasteiger partial charge >= 0.3 is 0 Å². The van der Waals surface area contributed by atoms with Crippen molar-refractivity contribution in [3.63, 3.8) is 0 Å². The molecule has 0 aliphatic carbocycles. The number of hydrogen-bond donors (Lipinski definition) is 1. The summed E-state index contributed by atoms with van der Waals surface area (Å²) in [4.78, 5) is 11.7. The summed E-state index contributed by atoms with van der Waals surface area (Å²) in [5, 5.41) is 10.4. The number of carbonyl (C=O) groups is 1. The molecule has 1 aromatic heterocycles. The molecule has 1 rings (SSSR count). The van der Waals surface area contributed by atoms with E-state index in [1.165, 1.54) is 0 Å². The van der Waals surface area contributed by atoms with Crippen molar-refractivity contribution in [1.29, 1.82) is 0 Å². The van der Waals surface area contributed by atoms with Crippen molar-refractivity contribution in [2.75, 3.05) is 0 Å². The number of rotatable bonds is 1. The molecular weight excluding hydrogens is 180 g/mol. The van der Waals surface area contributed by atoms with E-state index in [-0.39, 0.29) is 11.4 Å². The number of carbonyl (C=O) groups excluding carboxylic acids is 1. The van der Waals surface area contributed by atoms with E-state index in [4.69, 9.17) is 0 Å². The van der Waals surface area contributed by atoms with E-state index >= 15 is 0 Å². The van der Waals surface area contributed by atoms with Gasteiger partial charge in [-0.3, -0.25) is 4.79 Å². The Hall–Kier alpha value is -1.39. The Labute approximate surface area is 83.5 Å². The maximum absolute atomic E-state index is 11.7. The molecule has 78 valence electrons. The highest BCUT2D eigenvalue weighted by molar-refractivity contribution is 5.91. The smallest absolute Gasteiger partial charge is 0.289 e. The summed E-state index contributed by atoms with van der Waals surface area (Å²) in [6.45, 7) is 7.58. The van der Waals surface area contributed by atoms with Crippen LogP contribution in [0.1, 0.15) is 37.2 Å². The summed E-state index contributed by atoms with van der Waals surface area (Å²) in [6, 6.07) is 0. The molecule has 0 bridgehead atoms. The number of amides is 1. The van der Waals surface area contributed by atoms with Gasteiger partial charge in [-0.2, -0.15) is 0 Å². The van der Waals surface area contributed by atoms with Gasteiger partial charge in [0.25, 0.3) is 5.91 Å². The lowest BCUT2D eigenvalue weighted by molar-refractivity contribution is 0.0905. The van der Waals surface area contributed by atoms with Gasteiger partial charge in [0, 0.05) is 12.6 Å². The van der Waals surface area contributed by atoms with Gasteiger partial charge in [0.2, 0.25) is 5.82 Å². The second kappa shape index (κ2) is 3.40. The normalized spacial score (nSPS) is 11.5. The molecule has 14 heavy (non-hydrogen) atoms. The molecule has 1 heterocycles. The molecule has 0 saturated carbocycles. The van der Waals surface area contributed by atoms with Gasteiger partial charge in [-0.05, 0) is 27.7 Å². The van der Waals surface area contributed by atoms with Gasteiger partial charge < -0.3 is 9.88 Å². The molecule has 0 unspecified atom stereocenters. The van der Waals surface area contributed by atoms with Gasteiger partial charge in [-0.25, -0.2) is 0 Å². The number of hydrogen-bond acceptors (Lipinski definition) is 3. The molecule has 5 heteroatoms. The SMILES string of the molecule is Cc1nnc(C(=O)NC(C)(C)C)n1C. The van der Waals surface area contributed by atoms with Crippen LogP contribution in [0, 0.1) is 6.92 Å². The summed E-state index contributed by atoms with van der Waals surface area (Å²) in [7, 11) is 1.77. The highest BCUT2D eigenvalue weighted by atomic mass is 16.2. The Morgan fingerprint density at radius 3 is 2.29 bits per heavy atom. The van der Waals surface area contributed by atoms with Gasteiger partial charge in [-0.15, -0.1) is 10.2 Å². The van der Waals surface area contributed by atoms with Crippen LogP contribution in [0.4, 0.5) is 0 Å². The molecule has 0 radical (unpaired) electrons. The molecule has 0 fully saturated rings. The van der Waals surface area contributed by atoms with Gasteiger partial charge in [-0.1, -0.05) is 0 Å². The van der Waals surface area contributed by atoms with Crippen LogP contribution in [-0.4, -0.2) is 26.2 Å². The van der Waals surface area contributed by atoms with Crippen LogP contribution in [0.2, 0.25) is 0 Å². The minimum atomic E-state index is -0.253. The molecule has 0 aliphatic heterocycles. The van der Waals surface area contributed by atoms with E-state index in [0.29, 0.717) is 5.82 Å². The van der Waals surface area contributed by atoms with Crippen LogP contribution in [0.15, 0.2) is 0 Å². The van der Waals surface area contributed by atoms with E-state index in [2.05, 4.69) is 15.5 Å². The number of aryl methyl sites for hydroxylation is 1. The lowest BCUT2D eigenvalue weighted by Gasteiger charge is -2.19. The molecule has 0 aliphatic rings. The third-order valence-electron chi connectivity index (χ3n) is 1.78. The minimum absolute atomic E-state index is 0.194. The number of aromatic nitrogens is 3. The van der Waals surface area contributed by atoms with Crippen LogP contribution >= 0.6 is 0 Å². The van der Waals surface area contributed by atoms with Crippen LogP contribution in [0.25, 0.3) is 0 Å². The number of nitrogens with zero attached hydrogens (tertiary/aromatic N) is 3. The van der Waals surface area contributed by atoms with Gasteiger partial charge in [0.15, 0.2) is 0 Å². The molecule has 1 aromatic rings. The fraction of sp³-hybridized carbons (Fsp3) is 0.667. The van der Waals surface area contributed by atoms with Crippen molar-refractivity contribution >= 4 is 5.91 Å². The number of nitrogens with one attached hydrogen (secondary N) is 1. The molecule has 1 N–H and O–H groups in total. The summed E-state index contributed by atoms with van der Waals surface area (Å²) < 4.78 is 1.67. The van der Waals surface area contributed by atoms with Crippen molar-refractivity contribution in [1.82, 2.24) is 20.1 Å². The van der Waals surface area contributed by atoms with Gasteiger partial charge in [0.1, 0.15) is 5.82 Å². The monoisotopic (exact) mass is 196 g/mol. The summed E-state index contributed by atoms with van der Waals surface area (Å²) in [5.41, 5.74) is -0.253. The largest absolute Gasteiger partial charge is 0.345 e. The van der Waals surface area contributed by atoms with Crippen molar-refractivity contribution in [3.8, 4) is 0 Å². The lowest BCUT2D eigenvalue weighted by atomic mass is 10.1. The first-order chi connectivity index (χ1) is 6.31. The highest BCUT2D eigenvalue weighted by Crippen LogP contribution is 2.03. The zero-order valence-corrected chi connectivity index (χ0v) is 9.25. The molecule has 0 spiro atoms. The van der Waals surface area contributed by atoms with E-state index in [0.717, 1.165) is 5.82 Å². The van der Waals surface area contributed by atoms with Crippen molar-refractivity contribution in [3.05, 3.63) is 11.6 Å². The minimum Gasteiger partial charge on any atom is -0.345 e. The molecule has 0 saturated heterocycles. The summed E-state index contributed by atoms with van der Waals surface area (Å²) in [5.74, 6) is 0.877. The van der Waals surface area contributed by atoms with Crippen LogP contribution in [0.5, 0.6) is 0 Å². The van der Waals surface area contributed by atoms with Crippen LogP contribution in [0.3, 0.4) is 0 Å². The molecule has 0 atom stereocenters. The molecule has 5 nitrogen and oxygen atoms in total. The fourth-order valence-corrected chi connectivity index (χ4v) is 1.00. The van der Waals surface area contributed by atoms with Crippen LogP contribution < -0.4 is 5.32 Å². The third kappa shape index (κ3) is 2.31. The Kier molecular flexibility index (Phi) is 2.59. The van der Waals surface area contributed by atoms with Crippen molar-refractivity contribution in [2.24, 2.45) is 7.05 Å². The van der Waals surface area contributed by atoms with E-state index in [1.807, 2.05) is 20.8 Å². The Bertz CT molecular complexity index is 348. The predicted octanol–water partition coefficient (Wildman–Crippen LogP) is 0.652. The van der Waals surface area contributed by atoms with E-state index in [1.54, 1.807) is 18.5 Å². The molecule has 1 amide bonds. The lowest BCUT2D eigenvalue weighted by Crippen LogP contribution is -2.41. The Morgan fingerprint density at radius 2 is 1.93 bits per heavy atom. The summed E-state index contributed by atoms with van der Waals surface area (Å²) >= 11 is 0. The third-order valence-corrected chi connectivity index (χ3v) is 1.78. The quantitative estimate of drug-likeness (QED) is 0.717. The highest BCUT2D eigenvalue weighted by Gasteiger charge is 2.19. The van der Waals surface area contributed by atoms with Crippen LogP contribution in [-0.2, 0) is 7.05 Å². The van der Waals surface area contributed by atoms with E-state index in [9.17, 15) is 4.79 Å². The zero-order valence-electron chi connectivity index (χ0n) is 9.25. The maximum atomic E-state index is 11.7. The maximum Gasteiger partial charge on any atom is 0.289 e. The first-order valence-corrected chi connectivity index (χ1v) is 4.50. The predicted molar refractivity (Wildman–Crippen MR) is 53.0 cm³/mol. The van der Waals surface area contributed by atoms with E-state index < -0.39 is 0 Å². The molecule has 0 aromatic carbocycles. The second-order valence-electron chi connectivity index (χ2n) is 4.33. The topological polar surface area (TPSA) is 59.8 Å². The average molecular weight is 196 g/mol. The first-order valence-electron chi connectivity index (χ1n) is 4.50. The Balaban J connectivity index is 2.86. The average Bonchev–Trinajstić information content (AvgIpc) is 2.29.